The lowest BCUT2D eigenvalue weighted by atomic mass is 9.79. The first-order valence-corrected chi connectivity index (χ1v) is 15.2. The van der Waals surface area contributed by atoms with Gasteiger partial charge in [-0.1, -0.05) is 70.0 Å². The van der Waals surface area contributed by atoms with E-state index in [2.05, 4.69) is 15.9 Å². The maximum absolute atomic E-state index is 14.1. The van der Waals surface area contributed by atoms with Crippen molar-refractivity contribution in [3.63, 3.8) is 0 Å². The minimum atomic E-state index is -3.74. The molecule has 0 N–H and O–H groups in total. The number of aryl methyl sites for hydroxylation is 3. The molecule has 0 amide bonds. The summed E-state index contributed by atoms with van der Waals surface area (Å²) in [6.45, 7) is 14.5. The predicted molar refractivity (Wildman–Crippen MR) is 158 cm³/mol. The maximum atomic E-state index is 14.1. The van der Waals surface area contributed by atoms with Gasteiger partial charge in [0.2, 0.25) is 10.0 Å². The summed E-state index contributed by atoms with van der Waals surface area (Å²) in [6.07, 6.45) is 0.606. The topological polar surface area (TPSA) is 55.8 Å². The van der Waals surface area contributed by atoms with Crippen LogP contribution in [0.25, 0.3) is 0 Å². The van der Waals surface area contributed by atoms with E-state index < -0.39 is 28.3 Å². The maximum Gasteiger partial charge on any atom is 0.494 e. The standard InChI is InChI=1S/C30H37BBrNO4S/c1-21-17-22(2)28(23(3)18-21)38(34,35)33(16-15-24-9-8-10-27(32)19-24)20-25-11-13-26(14-12-25)31-36-29(4,5)30(6,7)37-31/h8-14,17-19H,15-16,20H2,1-7H3. The number of sulfonamides is 1. The molecular weight excluding hydrogens is 561 g/mol. The lowest BCUT2D eigenvalue weighted by molar-refractivity contribution is 0.00578. The number of rotatable bonds is 8. The van der Waals surface area contributed by atoms with Crippen molar-refractivity contribution >= 4 is 38.5 Å². The van der Waals surface area contributed by atoms with Gasteiger partial charge in [-0.2, -0.15) is 4.31 Å². The Labute approximate surface area is 236 Å². The molecule has 0 aromatic heterocycles. The fourth-order valence-electron chi connectivity index (χ4n) is 4.90. The average Bonchev–Trinajstić information content (AvgIpc) is 3.02. The van der Waals surface area contributed by atoms with Crippen LogP contribution in [-0.4, -0.2) is 37.6 Å². The molecule has 3 aromatic rings. The molecule has 5 nitrogen and oxygen atoms in total. The Morgan fingerprint density at radius 3 is 1.97 bits per heavy atom. The molecule has 38 heavy (non-hydrogen) atoms. The molecule has 1 heterocycles. The Balaban J connectivity index is 1.62. The molecule has 1 fully saturated rings. The van der Waals surface area contributed by atoms with Gasteiger partial charge in [-0.05, 0) is 94.7 Å². The molecule has 1 aliphatic rings. The van der Waals surface area contributed by atoms with Crippen molar-refractivity contribution < 1.29 is 17.7 Å². The van der Waals surface area contributed by atoms with Gasteiger partial charge in [0.15, 0.2) is 0 Å². The zero-order valence-corrected chi connectivity index (χ0v) is 25.7. The van der Waals surface area contributed by atoms with Crippen LogP contribution in [-0.2, 0) is 32.3 Å². The smallest absolute Gasteiger partial charge is 0.399 e. The van der Waals surface area contributed by atoms with Crippen molar-refractivity contribution in [1.82, 2.24) is 4.31 Å². The highest BCUT2D eigenvalue weighted by Crippen LogP contribution is 2.36. The van der Waals surface area contributed by atoms with Crippen LogP contribution in [0.5, 0.6) is 0 Å². The van der Waals surface area contributed by atoms with Crippen LogP contribution in [0.1, 0.15) is 55.5 Å². The van der Waals surface area contributed by atoms with Crippen LogP contribution < -0.4 is 5.46 Å². The molecule has 202 valence electrons. The van der Waals surface area contributed by atoms with Crippen LogP contribution in [0.3, 0.4) is 0 Å². The van der Waals surface area contributed by atoms with E-state index in [1.165, 1.54) is 0 Å². The molecule has 0 aliphatic carbocycles. The van der Waals surface area contributed by atoms with Gasteiger partial charge in [-0.15, -0.1) is 0 Å². The first-order chi connectivity index (χ1) is 17.7. The molecule has 8 heteroatoms. The third-order valence-electron chi connectivity index (χ3n) is 7.61. The predicted octanol–water partition coefficient (Wildman–Crippen LogP) is 6.11. The van der Waals surface area contributed by atoms with Crippen molar-refractivity contribution in [2.45, 2.75) is 77.5 Å². The molecule has 0 saturated carbocycles. The second-order valence-electron chi connectivity index (χ2n) is 11.3. The third-order valence-corrected chi connectivity index (χ3v) is 10.3. The zero-order valence-electron chi connectivity index (χ0n) is 23.3. The van der Waals surface area contributed by atoms with Gasteiger partial charge >= 0.3 is 7.12 Å². The second-order valence-corrected chi connectivity index (χ2v) is 14.1. The largest absolute Gasteiger partial charge is 0.494 e. The Kier molecular flexibility index (Phi) is 8.32. The van der Waals surface area contributed by atoms with Gasteiger partial charge in [0.1, 0.15) is 0 Å². The van der Waals surface area contributed by atoms with Gasteiger partial charge in [-0.25, -0.2) is 8.42 Å². The van der Waals surface area contributed by atoms with Gasteiger partial charge in [-0.3, -0.25) is 0 Å². The van der Waals surface area contributed by atoms with Crippen LogP contribution >= 0.6 is 15.9 Å². The summed E-state index contributed by atoms with van der Waals surface area (Å²) in [6, 6.07) is 19.8. The highest BCUT2D eigenvalue weighted by molar-refractivity contribution is 9.10. The molecule has 1 aliphatic heterocycles. The average molecular weight is 598 g/mol. The molecule has 3 aromatic carbocycles. The van der Waals surface area contributed by atoms with E-state index in [0.717, 1.165) is 37.8 Å². The molecule has 4 rings (SSSR count). The Bertz CT molecular complexity index is 1380. The molecule has 0 radical (unpaired) electrons. The zero-order chi connectivity index (χ0) is 27.9. The van der Waals surface area contributed by atoms with Crippen molar-refractivity contribution in [1.29, 1.82) is 0 Å². The summed E-state index contributed by atoms with van der Waals surface area (Å²) < 4.78 is 43.1. The number of hydrogen-bond acceptors (Lipinski definition) is 4. The minimum Gasteiger partial charge on any atom is -0.399 e. The summed E-state index contributed by atoms with van der Waals surface area (Å²) in [5.41, 5.74) is 4.66. The Morgan fingerprint density at radius 1 is 0.842 bits per heavy atom. The molecule has 0 atom stereocenters. The van der Waals surface area contributed by atoms with E-state index in [9.17, 15) is 8.42 Å². The van der Waals surface area contributed by atoms with Crippen LogP contribution in [0.15, 0.2) is 70.0 Å². The molecule has 0 bridgehead atoms. The molecule has 0 spiro atoms. The monoisotopic (exact) mass is 597 g/mol. The summed E-state index contributed by atoms with van der Waals surface area (Å²) in [5, 5.41) is 0. The van der Waals surface area contributed by atoms with E-state index in [1.807, 2.05) is 109 Å². The van der Waals surface area contributed by atoms with Crippen molar-refractivity contribution in [2.75, 3.05) is 6.54 Å². The van der Waals surface area contributed by atoms with Crippen molar-refractivity contribution in [2.24, 2.45) is 0 Å². The van der Waals surface area contributed by atoms with E-state index in [1.54, 1.807) is 4.31 Å². The van der Waals surface area contributed by atoms with Crippen LogP contribution in [0.4, 0.5) is 0 Å². The number of nitrogens with zero attached hydrogens (tertiary/aromatic N) is 1. The van der Waals surface area contributed by atoms with Gasteiger partial charge < -0.3 is 9.31 Å². The first-order valence-electron chi connectivity index (χ1n) is 13.0. The summed E-state index contributed by atoms with van der Waals surface area (Å²) in [4.78, 5) is 0.395. The van der Waals surface area contributed by atoms with Crippen LogP contribution in [0, 0.1) is 20.8 Å². The van der Waals surface area contributed by atoms with E-state index >= 15 is 0 Å². The number of hydrogen-bond donors (Lipinski definition) is 0. The van der Waals surface area contributed by atoms with Gasteiger partial charge in [0.25, 0.3) is 0 Å². The lowest BCUT2D eigenvalue weighted by Gasteiger charge is -2.32. The molecule has 0 unspecified atom stereocenters. The SMILES string of the molecule is Cc1cc(C)c(S(=O)(=O)N(CCc2cccc(Br)c2)Cc2ccc(B3OC(C)(C)C(C)(C)O3)cc2)c(C)c1. The minimum absolute atomic E-state index is 0.271. The normalized spacial score (nSPS) is 16.8. The van der Waals surface area contributed by atoms with Crippen LogP contribution in [0.2, 0.25) is 0 Å². The number of halogens is 1. The quantitative estimate of drug-likeness (QED) is 0.294. The lowest BCUT2D eigenvalue weighted by Crippen LogP contribution is -2.41. The summed E-state index contributed by atoms with van der Waals surface area (Å²) in [7, 11) is -4.20. The van der Waals surface area contributed by atoms with Crippen molar-refractivity contribution in [3.05, 3.63) is 93.0 Å². The highest BCUT2D eigenvalue weighted by Gasteiger charge is 2.51. The first kappa shape index (κ1) is 29.0. The molecule has 1 saturated heterocycles. The Morgan fingerprint density at radius 2 is 1.42 bits per heavy atom. The fourth-order valence-corrected chi connectivity index (χ4v) is 7.18. The molecular formula is C30H37BBrNO4S. The van der Waals surface area contributed by atoms with E-state index in [-0.39, 0.29) is 6.54 Å². The fraction of sp³-hybridized carbons (Fsp3) is 0.400. The van der Waals surface area contributed by atoms with Gasteiger partial charge in [0, 0.05) is 17.6 Å². The van der Waals surface area contributed by atoms with Gasteiger partial charge in [0.05, 0.1) is 16.1 Å². The van der Waals surface area contributed by atoms with E-state index in [4.69, 9.17) is 9.31 Å². The number of benzene rings is 3. The van der Waals surface area contributed by atoms with Crippen molar-refractivity contribution in [3.8, 4) is 0 Å². The Hall–Kier alpha value is -1.97. The highest BCUT2D eigenvalue weighted by atomic mass is 79.9. The summed E-state index contributed by atoms with van der Waals surface area (Å²) in [5.74, 6) is 0. The summed E-state index contributed by atoms with van der Waals surface area (Å²) >= 11 is 3.52. The third kappa shape index (κ3) is 6.10. The second kappa shape index (κ2) is 10.9. The van der Waals surface area contributed by atoms with E-state index in [0.29, 0.717) is 17.9 Å².